The van der Waals surface area contributed by atoms with Crippen LogP contribution in [-0.4, -0.2) is 41.5 Å². The second kappa shape index (κ2) is 7.49. The number of thiocarbonyl (C=S) groups is 1. The lowest BCUT2D eigenvalue weighted by Crippen LogP contribution is -2.33. The van der Waals surface area contributed by atoms with Crippen molar-refractivity contribution in [3.05, 3.63) is 71.4 Å². The molecule has 3 rings (SSSR count). The van der Waals surface area contributed by atoms with Crippen LogP contribution in [0.4, 0.5) is 0 Å². The molecule has 0 bridgehead atoms. The molecule has 0 atom stereocenters. The van der Waals surface area contributed by atoms with E-state index >= 15 is 0 Å². The molecule has 25 heavy (non-hydrogen) atoms. The van der Waals surface area contributed by atoms with E-state index in [1.54, 1.807) is 16.9 Å². The number of hydrogen-bond donors (Lipinski definition) is 0. The van der Waals surface area contributed by atoms with Crippen molar-refractivity contribution in [3.63, 3.8) is 0 Å². The van der Waals surface area contributed by atoms with E-state index in [1.165, 1.54) is 5.56 Å². The van der Waals surface area contributed by atoms with Crippen molar-refractivity contribution in [2.45, 2.75) is 6.42 Å². The van der Waals surface area contributed by atoms with Crippen LogP contribution >= 0.6 is 12.2 Å². The summed E-state index contributed by atoms with van der Waals surface area (Å²) < 4.78 is 5.16. The normalized spacial score (nSPS) is 16.0. The molecule has 0 aliphatic carbocycles. The number of benzene rings is 2. The summed E-state index contributed by atoms with van der Waals surface area (Å²) in [5.74, 6) is 0.729. The maximum absolute atomic E-state index is 12.8. The molecule has 0 saturated carbocycles. The number of rotatable bonds is 5. The van der Waals surface area contributed by atoms with Crippen LogP contribution in [0.2, 0.25) is 0 Å². The van der Waals surface area contributed by atoms with Crippen molar-refractivity contribution in [1.82, 2.24) is 9.80 Å². The summed E-state index contributed by atoms with van der Waals surface area (Å²) in [6.45, 7) is 0.575. The highest BCUT2D eigenvalue weighted by Gasteiger charge is 2.35. The third-order valence-corrected chi connectivity index (χ3v) is 4.72. The molecule has 0 spiro atoms. The Morgan fingerprint density at radius 3 is 2.40 bits per heavy atom. The van der Waals surface area contributed by atoms with Gasteiger partial charge in [-0.05, 0) is 48.0 Å². The minimum Gasteiger partial charge on any atom is -0.497 e. The highest BCUT2D eigenvalue weighted by Crippen LogP contribution is 2.23. The Kier molecular flexibility index (Phi) is 5.14. The second-order valence-corrected chi connectivity index (χ2v) is 6.20. The van der Waals surface area contributed by atoms with Crippen LogP contribution in [0.3, 0.4) is 0 Å². The summed E-state index contributed by atoms with van der Waals surface area (Å²) >= 11 is 5.46. The molecule has 1 saturated heterocycles. The first kappa shape index (κ1) is 17.2. The molecule has 5 heteroatoms. The van der Waals surface area contributed by atoms with Gasteiger partial charge in [0.25, 0.3) is 5.91 Å². The maximum atomic E-state index is 12.8. The molecular weight excluding hydrogens is 332 g/mol. The van der Waals surface area contributed by atoms with Crippen LogP contribution in [-0.2, 0) is 11.2 Å². The van der Waals surface area contributed by atoms with Gasteiger partial charge >= 0.3 is 0 Å². The minimum absolute atomic E-state index is 0.0563. The Morgan fingerprint density at radius 2 is 1.76 bits per heavy atom. The van der Waals surface area contributed by atoms with Gasteiger partial charge in [0.1, 0.15) is 11.4 Å². The summed E-state index contributed by atoms with van der Waals surface area (Å²) in [5, 5.41) is 0.542. The average Bonchev–Trinajstić information content (AvgIpc) is 2.85. The van der Waals surface area contributed by atoms with Gasteiger partial charge in [-0.25, -0.2) is 0 Å². The van der Waals surface area contributed by atoms with Gasteiger partial charge < -0.3 is 9.64 Å². The zero-order valence-corrected chi connectivity index (χ0v) is 15.1. The van der Waals surface area contributed by atoms with Crippen molar-refractivity contribution in [2.75, 3.05) is 20.7 Å². The molecule has 0 unspecified atom stereocenters. The zero-order chi connectivity index (χ0) is 17.8. The zero-order valence-electron chi connectivity index (χ0n) is 14.3. The summed E-state index contributed by atoms with van der Waals surface area (Å²) in [6.07, 6.45) is 2.63. The first-order chi connectivity index (χ1) is 12.1. The van der Waals surface area contributed by atoms with Crippen LogP contribution < -0.4 is 4.74 Å². The van der Waals surface area contributed by atoms with E-state index < -0.39 is 0 Å². The molecule has 0 N–H and O–H groups in total. The number of likely N-dealkylation sites (N-methyl/N-ethyl adjacent to an activating group) is 1. The van der Waals surface area contributed by atoms with Crippen molar-refractivity contribution >= 4 is 29.3 Å². The number of ether oxygens (including phenoxy) is 1. The molecule has 128 valence electrons. The number of hydrogen-bond acceptors (Lipinski definition) is 3. The van der Waals surface area contributed by atoms with Crippen molar-refractivity contribution in [2.24, 2.45) is 0 Å². The minimum atomic E-state index is -0.0563. The van der Waals surface area contributed by atoms with E-state index in [1.807, 2.05) is 55.6 Å². The summed E-state index contributed by atoms with van der Waals surface area (Å²) in [5.41, 5.74) is 2.71. The standard InChI is InChI=1S/C20H20N2O2S/c1-21-18(14-16-8-10-17(24-2)11-9-16)19(23)22(20(21)25)13-12-15-6-4-3-5-7-15/h3-11,14H,12-13H2,1-2H3. The Morgan fingerprint density at radius 1 is 1.08 bits per heavy atom. The lowest BCUT2D eigenvalue weighted by atomic mass is 10.1. The first-order valence-electron chi connectivity index (χ1n) is 8.09. The number of amides is 1. The van der Waals surface area contributed by atoms with E-state index in [-0.39, 0.29) is 5.91 Å². The molecule has 1 aliphatic heterocycles. The molecule has 1 heterocycles. The predicted molar refractivity (Wildman–Crippen MR) is 103 cm³/mol. The fourth-order valence-corrected chi connectivity index (χ4v) is 3.02. The van der Waals surface area contributed by atoms with Gasteiger partial charge in [0.15, 0.2) is 5.11 Å². The predicted octanol–water partition coefficient (Wildman–Crippen LogP) is 3.34. The molecule has 2 aromatic rings. The lowest BCUT2D eigenvalue weighted by Gasteiger charge is -2.16. The van der Waals surface area contributed by atoms with Crippen molar-refractivity contribution < 1.29 is 9.53 Å². The third kappa shape index (κ3) is 3.72. The number of carbonyl (C=O) groups is 1. The fraction of sp³-hybridized carbons (Fsp3) is 0.200. The monoisotopic (exact) mass is 352 g/mol. The van der Waals surface area contributed by atoms with E-state index in [4.69, 9.17) is 17.0 Å². The highest BCUT2D eigenvalue weighted by molar-refractivity contribution is 7.80. The van der Waals surface area contributed by atoms with Gasteiger partial charge in [0.2, 0.25) is 0 Å². The Labute approximate surface area is 153 Å². The number of methoxy groups -OCH3 is 1. The van der Waals surface area contributed by atoms with E-state index in [9.17, 15) is 4.79 Å². The molecular formula is C20H20N2O2S. The first-order valence-corrected chi connectivity index (χ1v) is 8.50. The Balaban J connectivity index is 1.76. The molecule has 0 radical (unpaired) electrons. The van der Waals surface area contributed by atoms with Gasteiger partial charge in [0, 0.05) is 13.6 Å². The Hall–Kier alpha value is -2.66. The lowest BCUT2D eigenvalue weighted by molar-refractivity contribution is -0.122. The largest absolute Gasteiger partial charge is 0.497 e. The van der Waals surface area contributed by atoms with Crippen molar-refractivity contribution in [1.29, 1.82) is 0 Å². The van der Waals surface area contributed by atoms with Gasteiger partial charge in [-0.15, -0.1) is 0 Å². The van der Waals surface area contributed by atoms with E-state index in [0.717, 1.165) is 17.7 Å². The van der Waals surface area contributed by atoms with Crippen LogP contribution in [0.25, 0.3) is 6.08 Å². The quantitative estimate of drug-likeness (QED) is 0.610. The number of nitrogens with zero attached hydrogens (tertiary/aromatic N) is 2. The summed E-state index contributed by atoms with van der Waals surface area (Å²) in [6, 6.07) is 17.7. The maximum Gasteiger partial charge on any atom is 0.276 e. The van der Waals surface area contributed by atoms with Crippen LogP contribution in [0, 0.1) is 0 Å². The SMILES string of the molecule is COc1ccc(C=C2C(=O)N(CCc3ccccc3)C(=S)N2C)cc1. The van der Waals surface area contributed by atoms with Crippen LogP contribution in [0.5, 0.6) is 5.75 Å². The van der Waals surface area contributed by atoms with Gasteiger partial charge in [-0.3, -0.25) is 9.69 Å². The van der Waals surface area contributed by atoms with E-state index in [0.29, 0.717) is 17.4 Å². The van der Waals surface area contributed by atoms with Crippen molar-refractivity contribution in [3.8, 4) is 5.75 Å². The highest BCUT2D eigenvalue weighted by atomic mass is 32.1. The molecule has 0 aromatic heterocycles. The van der Waals surface area contributed by atoms with Gasteiger partial charge in [0.05, 0.1) is 7.11 Å². The van der Waals surface area contributed by atoms with Crippen LogP contribution in [0.1, 0.15) is 11.1 Å². The topological polar surface area (TPSA) is 32.8 Å². The van der Waals surface area contributed by atoms with Crippen LogP contribution in [0.15, 0.2) is 60.3 Å². The molecule has 4 nitrogen and oxygen atoms in total. The summed E-state index contributed by atoms with van der Waals surface area (Å²) in [4.78, 5) is 16.2. The molecule has 1 amide bonds. The fourth-order valence-electron chi connectivity index (χ4n) is 2.75. The third-order valence-electron chi connectivity index (χ3n) is 4.23. The molecule has 1 aliphatic rings. The molecule has 1 fully saturated rings. The second-order valence-electron chi connectivity index (χ2n) is 5.84. The summed E-state index contributed by atoms with van der Waals surface area (Å²) in [7, 11) is 3.46. The van der Waals surface area contributed by atoms with E-state index in [2.05, 4.69) is 12.1 Å². The Bertz CT molecular complexity index is 800. The molecule has 2 aromatic carbocycles. The average molecular weight is 352 g/mol. The van der Waals surface area contributed by atoms with Gasteiger partial charge in [-0.1, -0.05) is 42.5 Å². The smallest absolute Gasteiger partial charge is 0.276 e. The number of carbonyl (C=O) groups excluding carboxylic acids is 1. The van der Waals surface area contributed by atoms with Gasteiger partial charge in [-0.2, -0.15) is 0 Å².